The summed E-state index contributed by atoms with van der Waals surface area (Å²) in [5, 5.41) is 3.54. The third kappa shape index (κ3) is 5.56. The second-order valence-corrected chi connectivity index (χ2v) is 4.89. The number of H-pyrrole nitrogens is 1. The fourth-order valence-electron chi connectivity index (χ4n) is 2.09. The highest BCUT2D eigenvalue weighted by molar-refractivity contribution is 5.58. The molecule has 4 rings (SSSR count). The average molecular weight is 347 g/mol. The highest BCUT2D eigenvalue weighted by Crippen LogP contribution is 2.14. The molecule has 0 atom stereocenters. The molecular formula is C21H21N3O2. The maximum absolute atomic E-state index is 10.6. The summed E-state index contributed by atoms with van der Waals surface area (Å²) < 4.78 is 4.36. The number of nitrogens with one attached hydrogen (secondary N) is 1. The van der Waals surface area contributed by atoms with Crippen molar-refractivity contribution in [2.45, 2.75) is 13.8 Å². The molecule has 5 nitrogen and oxygen atoms in total. The summed E-state index contributed by atoms with van der Waals surface area (Å²) in [7, 11) is 0. The SMILES string of the molecule is CC.O=c1[nH]c(-c2ccccc2)no1.c1ccc(-c2ccccn2)cc1. The summed E-state index contributed by atoms with van der Waals surface area (Å²) in [6.07, 6.45) is 1.81. The van der Waals surface area contributed by atoms with E-state index in [-0.39, 0.29) is 0 Å². The van der Waals surface area contributed by atoms with E-state index in [1.165, 1.54) is 0 Å². The van der Waals surface area contributed by atoms with E-state index in [0.717, 1.165) is 16.8 Å². The molecule has 0 saturated carbocycles. The standard InChI is InChI=1S/C11H9N.C8H6N2O2.C2H6/c1-2-6-10(7-3-1)11-8-4-5-9-12-11;11-8-9-7(10-12-8)6-4-2-1-3-5-6;1-2/h1-9H;1-5H,(H,9,10,11);1-2H3. The van der Waals surface area contributed by atoms with Crippen LogP contribution in [0, 0.1) is 0 Å². The van der Waals surface area contributed by atoms with E-state index >= 15 is 0 Å². The molecule has 26 heavy (non-hydrogen) atoms. The Labute approximate surface area is 152 Å². The first-order chi connectivity index (χ1) is 12.8. The highest BCUT2D eigenvalue weighted by Gasteiger charge is 2.01. The Kier molecular flexibility index (Phi) is 7.55. The van der Waals surface area contributed by atoms with Crippen LogP contribution in [0.5, 0.6) is 0 Å². The minimum absolute atomic E-state index is 0.459. The molecule has 132 valence electrons. The zero-order valence-electron chi connectivity index (χ0n) is 14.8. The summed E-state index contributed by atoms with van der Waals surface area (Å²) >= 11 is 0. The molecule has 0 aliphatic carbocycles. The Hall–Kier alpha value is -3.47. The average Bonchev–Trinajstić information content (AvgIpc) is 3.18. The predicted molar refractivity (Wildman–Crippen MR) is 104 cm³/mol. The maximum atomic E-state index is 10.6. The van der Waals surface area contributed by atoms with Gasteiger partial charge < -0.3 is 0 Å². The lowest BCUT2D eigenvalue weighted by Gasteiger charge is -1.97. The first-order valence-electron chi connectivity index (χ1n) is 8.41. The molecular weight excluding hydrogens is 326 g/mol. The van der Waals surface area contributed by atoms with Gasteiger partial charge in [-0.15, -0.1) is 0 Å². The van der Waals surface area contributed by atoms with Gasteiger partial charge in [-0.25, -0.2) is 4.79 Å². The first kappa shape index (κ1) is 18.9. The van der Waals surface area contributed by atoms with Crippen molar-refractivity contribution in [2.75, 3.05) is 0 Å². The molecule has 0 unspecified atom stereocenters. The molecule has 0 bridgehead atoms. The van der Waals surface area contributed by atoms with Crippen LogP contribution in [-0.4, -0.2) is 15.1 Å². The number of aromatic amines is 1. The monoisotopic (exact) mass is 347 g/mol. The summed E-state index contributed by atoms with van der Waals surface area (Å²) in [5.74, 6) is -0.0746. The van der Waals surface area contributed by atoms with E-state index in [0.29, 0.717) is 5.82 Å². The lowest BCUT2D eigenvalue weighted by atomic mass is 10.1. The van der Waals surface area contributed by atoms with E-state index < -0.39 is 5.76 Å². The molecule has 0 saturated heterocycles. The normalized spacial score (nSPS) is 9.31. The van der Waals surface area contributed by atoms with Gasteiger partial charge in [0.25, 0.3) is 0 Å². The van der Waals surface area contributed by atoms with Crippen LogP contribution in [-0.2, 0) is 0 Å². The number of hydrogen-bond donors (Lipinski definition) is 1. The van der Waals surface area contributed by atoms with Crippen molar-refractivity contribution in [3.05, 3.63) is 95.6 Å². The molecule has 0 spiro atoms. The van der Waals surface area contributed by atoms with Crippen LogP contribution in [0.1, 0.15) is 13.8 Å². The van der Waals surface area contributed by atoms with Gasteiger partial charge in [0, 0.05) is 17.3 Å². The minimum atomic E-state index is -0.533. The van der Waals surface area contributed by atoms with Crippen LogP contribution >= 0.6 is 0 Å². The number of nitrogens with zero attached hydrogens (tertiary/aromatic N) is 2. The van der Waals surface area contributed by atoms with Gasteiger partial charge in [0.15, 0.2) is 5.82 Å². The number of pyridine rings is 1. The lowest BCUT2D eigenvalue weighted by molar-refractivity contribution is 0.388. The smallest absolute Gasteiger partial charge is 0.296 e. The molecule has 4 aromatic rings. The Bertz CT molecular complexity index is 880. The van der Waals surface area contributed by atoms with Crippen molar-refractivity contribution in [3.63, 3.8) is 0 Å². The van der Waals surface area contributed by atoms with E-state index in [1.807, 2.05) is 86.8 Å². The topological polar surface area (TPSA) is 71.8 Å². The van der Waals surface area contributed by atoms with Crippen molar-refractivity contribution in [1.82, 2.24) is 15.1 Å². The Morgan fingerprint density at radius 1 is 0.769 bits per heavy atom. The Morgan fingerprint density at radius 2 is 1.35 bits per heavy atom. The summed E-state index contributed by atoms with van der Waals surface area (Å²) in [6.45, 7) is 4.00. The van der Waals surface area contributed by atoms with Crippen molar-refractivity contribution in [1.29, 1.82) is 0 Å². The second kappa shape index (κ2) is 10.4. The Balaban J connectivity index is 0.000000171. The molecule has 2 aromatic carbocycles. The zero-order chi connectivity index (χ0) is 18.6. The van der Waals surface area contributed by atoms with Crippen molar-refractivity contribution in [3.8, 4) is 22.6 Å². The van der Waals surface area contributed by atoms with Crippen LogP contribution < -0.4 is 5.76 Å². The molecule has 0 aliphatic rings. The molecule has 2 heterocycles. The Morgan fingerprint density at radius 3 is 1.85 bits per heavy atom. The van der Waals surface area contributed by atoms with E-state index in [4.69, 9.17) is 0 Å². The third-order valence-corrected chi connectivity index (χ3v) is 3.22. The summed E-state index contributed by atoms with van der Waals surface area (Å²) in [4.78, 5) is 17.3. The van der Waals surface area contributed by atoms with E-state index in [2.05, 4.69) is 31.8 Å². The minimum Gasteiger partial charge on any atom is -0.296 e. The van der Waals surface area contributed by atoms with Crippen LogP contribution in [0.3, 0.4) is 0 Å². The zero-order valence-corrected chi connectivity index (χ0v) is 14.8. The molecule has 0 radical (unpaired) electrons. The largest absolute Gasteiger partial charge is 0.439 e. The maximum Gasteiger partial charge on any atom is 0.439 e. The highest BCUT2D eigenvalue weighted by atomic mass is 16.5. The third-order valence-electron chi connectivity index (χ3n) is 3.22. The van der Waals surface area contributed by atoms with E-state index in [9.17, 15) is 4.79 Å². The number of hydrogen-bond acceptors (Lipinski definition) is 4. The quantitative estimate of drug-likeness (QED) is 0.565. The van der Waals surface area contributed by atoms with Gasteiger partial charge in [0.05, 0.1) is 5.69 Å². The van der Waals surface area contributed by atoms with Gasteiger partial charge in [-0.05, 0) is 12.1 Å². The van der Waals surface area contributed by atoms with E-state index in [1.54, 1.807) is 0 Å². The summed E-state index contributed by atoms with van der Waals surface area (Å²) in [6, 6.07) is 25.4. The summed E-state index contributed by atoms with van der Waals surface area (Å²) in [5.41, 5.74) is 3.03. The van der Waals surface area contributed by atoms with Gasteiger partial charge in [-0.3, -0.25) is 14.5 Å². The predicted octanol–water partition coefficient (Wildman–Crippen LogP) is 4.80. The van der Waals surface area contributed by atoms with Crippen molar-refractivity contribution in [2.24, 2.45) is 0 Å². The molecule has 0 amide bonds. The first-order valence-corrected chi connectivity index (χ1v) is 8.41. The molecule has 2 aromatic heterocycles. The van der Waals surface area contributed by atoms with Gasteiger partial charge >= 0.3 is 5.76 Å². The fraction of sp³-hybridized carbons (Fsp3) is 0.0952. The van der Waals surface area contributed by atoms with Crippen LogP contribution in [0.2, 0.25) is 0 Å². The molecule has 0 fully saturated rings. The van der Waals surface area contributed by atoms with Crippen molar-refractivity contribution < 1.29 is 4.52 Å². The number of aromatic nitrogens is 3. The number of benzene rings is 2. The van der Waals surface area contributed by atoms with Gasteiger partial charge in [0.2, 0.25) is 0 Å². The van der Waals surface area contributed by atoms with Crippen LogP contribution in [0.15, 0.2) is 94.4 Å². The van der Waals surface area contributed by atoms with Gasteiger partial charge in [0.1, 0.15) is 0 Å². The van der Waals surface area contributed by atoms with Gasteiger partial charge in [-0.1, -0.05) is 85.7 Å². The fourth-order valence-corrected chi connectivity index (χ4v) is 2.09. The van der Waals surface area contributed by atoms with Gasteiger partial charge in [-0.2, -0.15) is 0 Å². The molecule has 5 heteroatoms. The number of rotatable bonds is 2. The van der Waals surface area contributed by atoms with Crippen LogP contribution in [0.25, 0.3) is 22.6 Å². The van der Waals surface area contributed by atoms with Crippen LogP contribution in [0.4, 0.5) is 0 Å². The second-order valence-electron chi connectivity index (χ2n) is 4.89. The molecule has 1 N–H and O–H groups in total. The molecule has 0 aliphatic heterocycles. The van der Waals surface area contributed by atoms with Crippen molar-refractivity contribution >= 4 is 0 Å². The lowest BCUT2D eigenvalue weighted by Crippen LogP contribution is -1.94.